The van der Waals surface area contributed by atoms with Crippen LogP contribution in [0.3, 0.4) is 0 Å². The van der Waals surface area contributed by atoms with Gasteiger partial charge in [-0.05, 0) is 49.1 Å². The fourth-order valence-electron chi connectivity index (χ4n) is 4.51. The maximum absolute atomic E-state index is 6.22. The van der Waals surface area contributed by atoms with E-state index >= 15 is 0 Å². The molecule has 6 nitrogen and oxygen atoms in total. The highest BCUT2D eigenvalue weighted by Gasteiger charge is 2.27. The van der Waals surface area contributed by atoms with Gasteiger partial charge in [-0.15, -0.1) is 24.0 Å². The Labute approximate surface area is 213 Å². The van der Waals surface area contributed by atoms with Crippen LogP contribution in [-0.2, 0) is 0 Å². The summed E-state index contributed by atoms with van der Waals surface area (Å²) < 4.78 is 5.53. The minimum absolute atomic E-state index is 0. The molecule has 32 heavy (non-hydrogen) atoms. The number of anilines is 2. The molecule has 0 aliphatic carbocycles. The highest BCUT2D eigenvalue weighted by atomic mass is 127. The molecule has 2 heterocycles. The number of halogens is 2. The molecule has 2 fully saturated rings. The highest BCUT2D eigenvalue weighted by molar-refractivity contribution is 14.0. The number of hydrogen-bond acceptors (Lipinski definition) is 4. The Balaban J connectivity index is 0.00000289. The second-order valence-electron chi connectivity index (χ2n) is 8.28. The Kier molecular flexibility index (Phi) is 9.16. The van der Waals surface area contributed by atoms with Crippen molar-refractivity contribution in [3.8, 4) is 5.75 Å². The number of guanidine groups is 1. The first-order valence-electron chi connectivity index (χ1n) is 11.0. The smallest absolute Gasteiger partial charge is 0.191 e. The van der Waals surface area contributed by atoms with E-state index in [1.54, 1.807) is 7.11 Å². The van der Waals surface area contributed by atoms with E-state index in [0.717, 1.165) is 61.6 Å². The van der Waals surface area contributed by atoms with E-state index < -0.39 is 0 Å². The molecule has 2 aliphatic heterocycles. The molecule has 2 aromatic rings. The van der Waals surface area contributed by atoms with Gasteiger partial charge in [0.15, 0.2) is 5.96 Å². The zero-order valence-corrected chi connectivity index (χ0v) is 21.8. The predicted octanol–water partition coefficient (Wildman–Crippen LogP) is 4.24. The van der Waals surface area contributed by atoms with Crippen molar-refractivity contribution in [3.05, 3.63) is 53.6 Å². The summed E-state index contributed by atoms with van der Waals surface area (Å²) in [6, 6.07) is 16.8. The number of aliphatic imine (C=N–C) groups is 1. The molecule has 174 valence electrons. The van der Waals surface area contributed by atoms with E-state index in [2.05, 4.69) is 55.8 Å². The van der Waals surface area contributed by atoms with Crippen molar-refractivity contribution >= 4 is 52.9 Å². The second-order valence-corrected chi connectivity index (χ2v) is 8.72. The summed E-state index contributed by atoms with van der Waals surface area (Å²) in [7, 11) is 3.54. The molecule has 2 aliphatic rings. The lowest BCUT2D eigenvalue weighted by Gasteiger charge is -2.23. The SMILES string of the molecule is CN=C(NCC1CCN(c2ccccc2)C1)NC1CCN(c2cc(Cl)ccc2OC)C1.I. The van der Waals surface area contributed by atoms with E-state index in [4.69, 9.17) is 16.3 Å². The van der Waals surface area contributed by atoms with Gasteiger partial charge in [-0.3, -0.25) is 4.99 Å². The maximum atomic E-state index is 6.22. The quantitative estimate of drug-likeness (QED) is 0.310. The van der Waals surface area contributed by atoms with Gasteiger partial charge in [0.05, 0.1) is 12.8 Å². The van der Waals surface area contributed by atoms with Crippen molar-refractivity contribution in [1.29, 1.82) is 0 Å². The molecule has 0 saturated carbocycles. The molecule has 0 amide bonds. The first-order valence-corrected chi connectivity index (χ1v) is 11.4. The number of nitrogens with one attached hydrogen (secondary N) is 2. The largest absolute Gasteiger partial charge is 0.495 e. The van der Waals surface area contributed by atoms with Gasteiger partial charge in [-0.25, -0.2) is 0 Å². The lowest BCUT2D eigenvalue weighted by Crippen LogP contribution is -2.46. The molecular formula is C24H33ClIN5O. The lowest BCUT2D eigenvalue weighted by molar-refractivity contribution is 0.415. The van der Waals surface area contributed by atoms with Crippen LogP contribution in [0.2, 0.25) is 5.02 Å². The molecule has 2 N–H and O–H groups in total. The molecular weight excluding hydrogens is 537 g/mol. The molecule has 4 rings (SSSR count). The number of ether oxygens (including phenoxy) is 1. The molecule has 0 aromatic heterocycles. The monoisotopic (exact) mass is 569 g/mol. The van der Waals surface area contributed by atoms with Gasteiger partial charge in [-0.1, -0.05) is 29.8 Å². The van der Waals surface area contributed by atoms with Gasteiger partial charge in [0.1, 0.15) is 5.75 Å². The number of nitrogens with zero attached hydrogens (tertiary/aromatic N) is 3. The first-order chi connectivity index (χ1) is 15.2. The van der Waals surface area contributed by atoms with Gasteiger partial charge in [0.25, 0.3) is 0 Å². The Morgan fingerprint density at radius 2 is 1.88 bits per heavy atom. The minimum Gasteiger partial charge on any atom is -0.495 e. The van der Waals surface area contributed by atoms with E-state index in [9.17, 15) is 0 Å². The van der Waals surface area contributed by atoms with Crippen LogP contribution >= 0.6 is 35.6 Å². The number of methoxy groups -OCH3 is 1. The second kappa shape index (κ2) is 11.8. The fraction of sp³-hybridized carbons (Fsp3) is 0.458. The van der Waals surface area contributed by atoms with E-state index in [1.165, 1.54) is 12.1 Å². The number of rotatable bonds is 6. The Morgan fingerprint density at radius 1 is 1.09 bits per heavy atom. The van der Waals surface area contributed by atoms with Gasteiger partial charge < -0.3 is 25.2 Å². The molecule has 2 unspecified atom stereocenters. The third-order valence-corrected chi connectivity index (χ3v) is 6.43. The van der Waals surface area contributed by atoms with Crippen LogP contribution in [0.1, 0.15) is 12.8 Å². The first kappa shape index (κ1) is 24.8. The molecule has 2 saturated heterocycles. The molecule has 0 radical (unpaired) electrons. The fourth-order valence-corrected chi connectivity index (χ4v) is 4.68. The molecule has 0 bridgehead atoms. The average Bonchev–Trinajstić information content (AvgIpc) is 3.47. The number of para-hydroxylation sites is 1. The van der Waals surface area contributed by atoms with Gasteiger partial charge >= 0.3 is 0 Å². The normalized spacial score (nSPS) is 20.8. The Morgan fingerprint density at radius 3 is 2.62 bits per heavy atom. The summed E-state index contributed by atoms with van der Waals surface area (Å²) >= 11 is 6.22. The summed E-state index contributed by atoms with van der Waals surface area (Å²) in [5, 5.41) is 7.87. The minimum atomic E-state index is 0. The van der Waals surface area contributed by atoms with Crippen LogP contribution in [0.5, 0.6) is 5.75 Å². The van der Waals surface area contributed by atoms with Crippen LogP contribution in [0.15, 0.2) is 53.5 Å². The average molecular weight is 570 g/mol. The zero-order chi connectivity index (χ0) is 21.6. The van der Waals surface area contributed by atoms with Gasteiger partial charge in [0, 0.05) is 56.5 Å². The zero-order valence-electron chi connectivity index (χ0n) is 18.8. The van der Waals surface area contributed by atoms with Crippen LogP contribution in [0.4, 0.5) is 11.4 Å². The third kappa shape index (κ3) is 6.13. The molecule has 2 aromatic carbocycles. The third-order valence-electron chi connectivity index (χ3n) is 6.20. The Bertz CT molecular complexity index is 897. The van der Waals surface area contributed by atoms with Crippen LogP contribution in [-0.4, -0.2) is 58.9 Å². The molecule has 0 spiro atoms. The van der Waals surface area contributed by atoms with Gasteiger partial charge in [-0.2, -0.15) is 0 Å². The summed E-state index contributed by atoms with van der Waals surface area (Å²) in [6.07, 6.45) is 2.24. The molecule has 8 heteroatoms. The van der Waals surface area contributed by atoms with Gasteiger partial charge in [0.2, 0.25) is 0 Å². The number of hydrogen-bond donors (Lipinski definition) is 2. The van der Waals surface area contributed by atoms with Crippen LogP contribution < -0.4 is 25.2 Å². The van der Waals surface area contributed by atoms with E-state index in [-0.39, 0.29) is 24.0 Å². The summed E-state index contributed by atoms with van der Waals surface area (Å²) in [4.78, 5) is 9.24. The van der Waals surface area contributed by atoms with Crippen LogP contribution in [0, 0.1) is 5.92 Å². The van der Waals surface area contributed by atoms with Crippen molar-refractivity contribution in [2.45, 2.75) is 18.9 Å². The topological polar surface area (TPSA) is 52.1 Å². The molecule has 2 atom stereocenters. The maximum Gasteiger partial charge on any atom is 0.191 e. The lowest BCUT2D eigenvalue weighted by atomic mass is 10.1. The van der Waals surface area contributed by atoms with Crippen LogP contribution in [0.25, 0.3) is 0 Å². The predicted molar refractivity (Wildman–Crippen MR) is 145 cm³/mol. The summed E-state index contributed by atoms with van der Waals surface area (Å²) in [5.74, 6) is 2.36. The van der Waals surface area contributed by atoms with E-state index in [0.29, 0.717) is 12.0 Å². The highest BCUT2D eigenvalue weighted by Crippen LogP contribution is 2.33. The van der Waals surface area contributed by atoms with E-state index in [1.807, 2.05) is 25.2 Å². The standard InChI is InChI=1S/C24H32ClN5O.HI/c1-26-24(27-15-18-10-12-29(16-18)21-6-4-3-5-7-21)28-20-11-13-30(17-20)22-14-19(25)8-9-23(22)31-2;/h3-9,14,18,20H,10-13,15-17H2,1-2H3,(H2,26,27,28);1H. The summed E-state index contributed by atoms with van der Waals surface area (Å²) in [6.45, 7) is 4.98. The van der Waals surface area contributed by atoms with Crippen molar-refractivity contribution in [1.82, 2.24) is 10.6 Å². The van der Waals surface area contributed by atoms with Crippen molar-refractivity contribution in [2.24, 2.45) is 10.9 Å². The summed E-state index contributed by atoms with van der Waals surface area (Å²) in [5.41, 5.74) is 2.37. The van der Waals surface area contributed by atoms with Crippen molar-refractivity contribution in [3.63, 3.8) is 0 Å². The van der Waals surface area contributed by atoms with Crippen molar-refractivity contribution < 1.29 is 4.74 Å². The van der Waals surface area contributed by atoms with Crippen molar-refractivity contribution in [2.75, 3.05) is 56.7 Å². The Hall–Kier alpha value is -1.87. The number of benzene rings is 2.